The zero-order valence-electron chi connectivity index (χ0n) is 13.9. The minimum absolute atomic E-state index is 0.0169. The van der Waals surface area contributed by atoms with Gasteiger partial charge in [-0.1, -0.05) is 29.3 Å². The maximum absolute atomic E-state index is 13.6. The molecular weight excluding hydrogens is 404 g/mol. The molecule has 0 aromatic heterocycles. The quantitative estimate of drug-likeness (QED) is 0.655. The predicted molar refractivity (Wildman–Crippen MR) is 98.6 cm³/mol. The fourth-order valence-corrected chi connectivity index (χ4v) is 3.92. The highest BCUT2D eigenvalue weighted by Crippen LogP contribution is 2.29. The van der Waals surface area contributed by atoms with Gasteiger partial charge in [0.2, 0.25) is 0 Å². The number of hydrogen-bond donors (Lipinski definition) is 0. The van der Waals surface area contributed by atoms with Crippen LogP contribution in [0.2, 0.25) is 10.0 Å². The summed E-state index contributed by atoms with van der Waals surface area (Å²) in [5.74, 6) is -1.41. The Kier molecular flexibility index (Phi) is 6.49. The molecule has 0 unspecified atom stereocenters. The molecule has 0 amide bonds. The van der Waals surface area contributed by atoms with Gasteiger partial charge in [0.15, 0.2) is 0 Å². The van der Waals surface area contributed by atoms with Crippen LogP contribution in [0.4, 0.5) is 10.1 Å². The van der Waals surface area contributed by atoms with Crippen molar-refractivity contribution in [3.05, 3.63) is 58.3 Å². The molecule has 2 aromatic rings. The average molecular weight is 420 g/mol. The lowest BCUT2D eigenvalue weighted by Crippen LogP contribution is -2.37. The first-order valence-electron chi connectivity index (χ1n) is 7.54. The number of ether oxygens (including phenoxy) is 1. The molecule has 0 saturated heterocycles. The van der Waals surface area contributed by atoms with Gasteiger partial charge in [-0.05, 0) is 50.2 Å². The number of rotatable bonds is 6. The first kappa shape index (κ1) is 20.5. The van der Waals surface area contributed by atoms with Crippen molar-refractivity contribution in [1.29, 1.82) is 0 Å². The summed E-state index contributed by atoms with van der Waals surface area (Å²) in [5, 5.41) is 0.221. The number of anilines is 1. The summed E-state index contributed by atoms with van der Waals surface area (Å²) >= 11 is 11.7. The van der Waals surface area contributed by atoms with Gasteiger partial charge < -0.3 is 4.74 Å². The molecule has 0 saturated carbocycles. The van der Waals surface area contributed by atoms with Crippen LogP contribution in [0, 0.1) is 5.82 Å². The normalized spacial score (nSPS) is 11.5. The van der Waals surface area contributed by atoms with Crippen LogP contribution in [-0.2, 0) is 19.6 Å². The molecule has 9 heteroatoms. The van der Waals surface area contributed by atoms with Crippen LogP contribution in [0.3, 0.4) is 0 Å². The second-order valence-corrected chi connectivity index (χ2v) is 8.28. The molecule has 5 nitrogen and oxygen atoms in total. The predicted octanol–water partition coefficient (Wildman–Crippen LogP) is 4.28. The molecule has 26 heavy (non-hydrogen) atoms. The van der Waals surface area contributed by atoms with E-state index in [0.717, 1.165) is 10.4 Å². The maximum Gasteiger partial charge on any atom is 0.327 e. The van der Waals surface area contributed by atoms with E-state index in [9.17, 15) is 17.6 Å². The SMILES string of the molecule is CC(C)OC(=O)CN(c1cccc(F)c1)S(=O)(=O)c1ccc(Cl)c(Cl)c1. The Morgan fingerprint density at radius 1 is 1.15 bits per heavy atom. The second kappa shape index (κ2) is 8.24. The summed E-state index contributed by atoms with van der Waals surface area (Å²) in [6, 6.07) is 8.64. The summed E-state index contributed by atoms with van der Waals surface area (Å²) in [6.45, 7) is 2.65. The number of nitrogens with zero attached hydrogens (tertiary/aromatic N) is 1. The molecule has 0 atom stereocenters. The Morgan fingerprint density at radius 3 is 2.42 bits per heavy atom. The van der Waals surface area contributed by atoms with Gasteiger partial charge in [0.05, 0.1) is 26.7 Å². The van der Waals surface area contributed by atoms with Crippen LogP contribution in [-0.4, -0.2) is 27.0 Å². The fraction of sp³-hybridized carbons (Fsp3) is 0.235. The Labute approximate surface area is 161 Å². The number of benzene rings is 2. The fourth-order valence-electron chi connectivity index (χ4n) is 2.13. The van der Waals surface area contributed by atoms with Crippen molar-refractivity contribution in [2.75, 3.05) is 10.8 Å². The molecule has 2 rings (SSSR count). The van der Waals surface area contributed by atoms with Crippen LogP contribution in [0.25, 0.3) is 0 Å². The molecule has 0 aliphatic carbocycles. The van der Waals surface area contributed by atoms with E-state index in [4.69, 9.17) is 27.9 Å². The van der Waals surface area contributed by atoms with Gasteiger partial charge in [0.25, 0.3) is 10.0 Å². The smallest absolute Gasteiger partial charge is 0.327 e. The van der Waals surface area contributed by atoms with Crippen LogP contribution < -0.4 is 4.31 Å². The van der Waals surface area contributed by atoms with Gasteiger partial charge in [-0.25, -0.2) is 12.8 Å². The Hall–Kier alpha value is -1.83. The van der Waals surface area contributed by atoms with E-state index in [1.165, 1.54) is 36.4 Å². The molecule has 0 radical (unpaired) electrons. The average Bonchev–Trinajstić information content (AvgIpc) is 2.54. The first-order chi connectivity index (χ1) is 12.1. The van der Waals surface area contributed by atoms with E-state index in [1.54, 1.807) is 13.8 Å². The molecule has 2 aromatic carbocycles. The molecule has 0 heterocycles. The van der Waals surface area contributed by atoms with Gasteiger partial charge in [-0.15, -0.1) is 0 Å². The largest absolute Gasteiger partial charge is 0.462 e. The minimum atomic E-state index is -4.22. The summed E-state index contributed by atoms with van der Waals surface area (Å²) in [4.78, 5) is 11.9. The number of carbonyl (C=O) groups excluding carboxylic acids is 1. The van der Waals surface area contributed by atoms with Crippen molar-refractivity contribution in [1.82, 2.24) is 0 Å². The molecule has 140 valence electrons. The van der Waals surface area contributed by atoms with E-state index < -0.39 is 34.5 Å². The zero-order chi connectivity index (χ0) is 19.5. The van der Waals surface area contributed by atoms with Crippen molar-refractivity contribution in [2.24, 2.45) is 0 Å². The zero-order valence-corrected chi connectivity index (χ0v) is 16.3. The van der Waals surface area contributed by atoms with Gasteiger partial charge >= 0.3 is 5.97 Å². The number of carbonyl (C=O) groups is 1. The van der Waals surface area contributed by atoms with E-state index in [-0.39, 0.29) is 20.6 Å². The Balaban J connectivity index is 2.51. The van der Waals surface area contributed by atoms with Crippen LogP contribution >= 0.6 is 23.2 Å². The van der Waals surface area contributed by atoms with Crippen molar-refractivity contribution in [3.63, 3.8) is 0 Å². The molecule has 0 N–H and O–H groups in total. The number of hydrogen-bond acceptors (Lipinski definition) is 4. The Bertz CT molecular complexity index is 919. The van der Waals surface area contributed by atoms with Crippen molar-refractivity contribution < 1.29 is 22.3 Å². The molecule has 0 aliphatic rings. The summed E-state index contributed by atoms with van der Waals surface area (Å²) in [5.41, 5.74) is -0.0169. The lowest BCUT2D eigenvalue weighted by Gasteiger charge is -2.24. The highest BCUT2D eigenvalue weighted by Gasteiger charge is 2.29. The third-order valence-electron chi connectivity index (χ3n) is 3.22. The van der Waals surface area contributed by atoms with E-state index in [0.29, 0.717) is 0 Å². The third-order valence-corrected chi connectivity index (χ3v) is 5.72. The van der Waals surface area contributed by atoms with Crippen LogP contribution in [0.1, 0.15) is 13.8 Å². The third kappa shape index (κ3) is 4.87. The van der Waals surface area contributed by atoms with Gasteiger partial charge in [-0.3, -0.25) is 9.10 Å². The maximum atomic E-state index is 13.6. The lowest BCUT2D eigenvalue weighted by molar-refractivity contribution is -0.145. The van der Waals surface area contributed by atoms with Crippen molar-refractivity contribution in [2.45, 2.75) is 24.8 Å². The molecule has 0 spiro atoms. The van der Waals surface area contributed by atoms with Crippen molar-refractivity contribution >= 4 is 44.9 Å². The highest BCUT2D eigenvalue weighted by molar-refractivity contribution is 7.92. The lowest BCUT2D eigenvalue weighted by atomic mass is 10.3. The number of esters is 1. The standard InChI is InChI=1S/C17H16Cl2FNO4S/c1-11(2)25-17(22)10-21(13-5-3-4-12(20)8-13)26(23,24)14-6-7-15(18)16(19)9-14/h3-9,11H,10H2,1-2H3. The Morgan fingerprint density at radius 2 is 1.85 bits per heavy atom. The topological polar surface area (TPSA) is 63.7 Å². The summed E-state index contributed by atoms with van der Waals surface area (Å²) in [6.07, 6.45) is -0.426. The highest BCUT2D eigenvalue weighted by atomic mass is 35.5. The number of halogens is 3. The molecule has 0 fully saturated rings. The van der Waals surface area contributed by atoms with Gasteiger partial charge in [-0.2, -0.15) is 0 Å². The molecule has 0 bridgehead atoms. The summed E-state index contributed by atoms with van der Waals surface area (Å²) < 4.78 is 45.4. The number of sulfonamides is 1. The van der Waals surface area contributed by atoms with Crippen molar-refractivity contribution in [3.8, 4) is 0 Å². The molecule has 0 aliphatic heterocycles. The van der Waals surface area contributed by atoms with Gasteiger partial charge in [0, 0.05) is 0 Å². The van der Waals surface area contributed by atoms with Gasteiger partial charge in [0.1, 0.15) is 12.4 Å². The minimum Gasteiger partial charge on any atom is -0.462 e. The second-order valence-electron chi connectivity index (χ2n) is 5.61. The van der Waals surface area contributed by atoms with Crippen LogP contribution in [0.15, 0.2) is 47.4 Å². The van der Waals surface area contributed by atoms with E-state index >= 15 is 0 Å². The summed E-state index contributed by atoms with van der Waals surface area (Å²) in [7, 11) is -4.22. The van der Waals surface area contributed by atoms with E-state index in [2.05, 4.69) is 0 Å². The first-order valence-corrected chi connectivity index (χ1v) is 9.73. The van der Waals surface area contributed by atoms with Crippen LogP contribution in [0.5, 0.6) is 0 Å². The molecular formula is C17H16Cl2FNO4S. The van der Waals surface area contributed by atoms with E-state index in [1.807, 2.05) is 0 Å². The monoisotopic (exact) mass is 419 g/mol.